The highest BCUT2D eigenvalue weighted by Crippen LogP contribution is 2.26. The minimum Gasteiger partial charge on any atom is -0.457 e. The molecular weight excluding hydrogens is 407 g/mol. The molecule has 2 aromatic carbocycles. The minimum absolute atomic E-state index is 0.215. The predicted octanol–water partition coefficient (Wildman–Crippen LogP) is 5.37. The van der Waals surface area contributed by atoms with Gasteiger partial charge in [0.2, 0.25) is 0 Å². The van der Waals surface area contributed by atoms with E-state index in [4.69, 9.17) is 4.74 Å². The summed E-state index contributed by atoms with van der Waals surface area (Å²) in [6.45, 7) is 1.31. The maximum absolute atomic E-state index is 13.1. The van der Waals surface area contributed by atoms with Crippen molar-refractivity contribution in [3.05, 3.63) is 83.9 Å². The van der Waals surface area contributed by atoms with Crippen LogP contribution in [-0.4, -0.2) is 29.0 Å². The van der Waals surface area contributed by atoms with Crippen LogP contribution in [0.2, 0.25) is 0 Å². The van der Waals surface area contributed by atoms with Gasteiger partial charge in [-0.25, -0.2) is 9.18 Å². The van der Waals surface area contributed by atoms with Crippen LogP contribution in [0.4, 0.5) is 14.9 Å². The molecule has 1 aliphatic rings. The molecule has 2 heterocycles. The summed E-state index contributed by atoms with van der Waals surface area (Å²) >= 11 is 0. The molecule has 2 amide bonds. The first-order valence-electron chi connectivity index (χ1n) is 10.5. The van der Waals surface area contributed by atoms with E-state index in [-0.39, 0.29) is 11.8 Å². The van der Waals surface area contributed by atoms with E-state index in [0.717, 1.165) is 24.8 Å². The maximum Gasteiger partial charge on any atom is 0.321 e. The van der Waals surface area contributed by atoms with Crippen LogP contribution in [0, 0.1) is 23.1 Å². The summed E-state index contributed by atoms with van der Waals surface area (Å²) in [5.74, 6) is 1.29. The largest absolute Gasteiger partial charge is 0.457 e. The van der Waals surface area contributed by atoms with Gasteiger partial charge in [-0.3, -0.25) is 4.98 Å². The maximum atomic E-state index is 13.1. The second kappa shape index (κ2) is 9.92. The highest BCUT2D eigenvalue weighted by atomic mass is 19.1. The number of hydrogen-bond acceptors (Lipinski definition) is 4. The van der Waals surface area contributed by atoms with Crippen molar-refractivity contribution in [2.24, 2.45) is 5.92 Å². The molecule has 32 heavy (non-hydrogen) atoms. The molecule has 1 N–H and O–H groups in total. The molecule has 1 fully saturated rings. The van der Waals surface area contributed by atoms with Crippen LogP contribution in [0.15, 0.2) is 67.0 Å². The van der Waals surface area contributed by atoms with E-state index in [2.05, 4.69) is 16.4 Å². The normalized spacial score (nSPS) is 15.6. The molecule has 1 atom stereocenters. The van der Waals surface area contributed by atoms with Crippen LogP contribution < -0.4 is 10.1 Å². The molecule has 1 aromatic heterocycles. The van der Waals surface area contributed by atoms with Crippen molar-refractivity contribution in [3.8, 4) is 17.6 Å². The average molecular weight is 430 g/mol. The third-order valence-corrected chi connectivity index (χ3v) is 5.46. The molecule has 3 aromatic rings. The lowest BCUT2D eigenvalue weighted by atomic mass is 9.91. The van der Waals surface area contributed by atoms with E-state index in [9.17, 15) is 14.4 Å². The lowest BCUT2D eigenvalue weighted by Gasteiger charge is -2.33. The van der Waals surface area contributed by atoms with E-state index in [1.807, 2.05) is 24.3 Å². The zero-order valence-electron chi connectivity index (χ0n) is 17.5. The SMILES string of the molecule is N#Cc1ccncc1NC(=O)N1CCCC(Cc2cccc(Oc3ccc(F)cc3)c2)C1. The molecular formula is C25H23FN4O2. The lowest BCUT2D eigenvalue weighted by molar-refractivity contribution is 0.177. The fourth-order valence-electron chi connectivity index (χ4n) is 3.91. The third kappa shape index (κ3) is 5.41. The van der Waals surface area contributed by atoms with Gasteiger partial charge in [0.15, 0.2) is 0 Å². The Hall–Kier alpha value is -3.92. The number of nitrogens with one attached hydrogen (secondary N) is 1. The number of anilines is 1. The number of amides is 2. The summed E-state index contributed by atoms with van der Waals surface area (Å²) in [6, 6.07) is 17.2. The van der Waals surface area contributed by atoms with Crippen molar-refractivity contribution in [1.29, 1.82) is 5.26 Å². The van der Waals surface area contributed by atoms with E-state index in [1.165, 1.54) is 24.5 Å². The average Bonchev–Trinajstić information content (AvgIpc) is 2.81. The Balaban J connectivity index is 1.37. The Morgan fingerprint density at radius 3 is 2.88 bits per heavy atom. The first-order chi connectivity index (χ1) is 15.6. The van der Waals surface area contributed by atoms with Crippen molar-refractivity contribution in [1.82, 2.24) is 9.88 Å². The second-order valence-corrected chi connectivity index (χ2v) is 7.82. The Morgan fingerprint density at radius 2 is 2.06 bits per heavy atom. The number of likely N-dealkylation sites (tertiary alicyclic amines) is 1. The first-order valence-corrected chi connectivity index (χ1v) is 10.5. The number of halogens is 1. The van der Waals surface area contributed by atoms with E-state index in [1.54, 1.807) is 23.1 Å². The number of urea groups is 1. The van der Waals surface area contributed by atoms with Crippen molar-refractivity contribution in [2.75, 3.05) is 18.4 Å². The highest BCUT2D eigenvalue weighted by molar-refractivity contribution is 5.90. The van der Waals surface area contributed by atoms with Crippen LogP contribution in [0.25, 0.3) is 0 Å². The highest BCUT2D eigenvalue weighted by Gasteiger charge is 2.24. The van der Waals surface area contributed by atoms with Crippen molar-refractivity contribution < 1.29 is 13.9 Å². The number of ether oxygens (including phenoxy) is 1. The van der Waals surface area contributed by atoms with Gasteiger partial charge in [0.25, 0.3) is 0 Å². The van der Waals surface area contributed by atoms with Gasteiger partial charge >= 0.3 is 6.03 Å². The summed E-state index contributed by atoms with van der Waals surface area (Å²) in [7, 11) is 0. The number of aromatic nitrogens is 1. The molecule has 0 radical (unpaired) electrons. The molecule has 1 aliphatic heterocycles. The van der Waals surface area contributed by atoms with Crippen LogP contribution in [0.5, 0.6) is 11.5 Å². The lowest BCUT2D eigenvalue weighted by Crippen LogP contribution is -2.42. The van der Waals surface area contributed by atoms with Crippen molar-refractivity contribution >= 4 is 11.7 Å². The van der Waals surface area contributed by atoms with E-state index < -0.39 is 0 Å². The summed E-state index contributed by atoms with van der Waals surface area (Å²) in [5.41, 5.74) is 1.93. The molecule has 0 bridgehead atoms. The number of carbonyl (C=O) groups is 1. The number of rotatable bonds is 5. The summed E-state index contributed by atoms with van der Waals surface area (Å²) in [5, 5.41) is 12.0. The summed E-state index contributed by atoms with van der Waals surface area (Å²) in [4.78, 5) is 18.5. The number of piperidine rings is 1. The molecule has 0 aliphatic carbocycles. The fourth-order valence-corrected chi connectivity index (χ4v) is 3.91. The summed E-state index contributed by atoms with van der Waals surface area (Å²) in [6.07, 6.45) is 5.79. The number of benzene rings is 2. The number of carbonyl (C=O) groups excluding carboxylic acids is 1. The summed E-state index contributed by atoms with van der Waals surface area (Å²) < 4.78 is 18.9. The zero-order chi connectivity index (χ0) is 22.3. The van der Waals surface area contributed by atoms with Crippen LogP contribution in [-0.2, 0) is 6.42 Å². The molecule has 6 nitrogen and oxygen atoms in total. The molecule has 1 unspecified atom stereocenters. The molecule has 0 saturated carbocycles. The standard InChI is InChI=1S/C25H23FN4O2/c26-21-6-8-22(9-7-21)32-23-5-1-3-18(14-23)13-19-4-2-12-30(17-19)25(31)29-24-16-28-11-10-20(24)15-27/h1,3,5-11,14,16,19H,2,4,12-13,17H2,(H,29,31). The van der Waals surface area contributed by atoms with Crippen molar-refractivity contribution in [3.63, 3.8) is 0 Å². The zero-order valence-corrected chi connectivity index (χ0v) is 17.5. The molecule has 4 rings (SSSR count). The molecule has 0 spiro atoms. The van der Waals surface area contributed by atoms with Gasteiger partial charge in [-0.15, -0.1) is 0 Å². The minimum atomic E-state index is -0.302. The molecule has 7 heteroatoms. The Kier molecular flexibility index (Phi) is 6.61. The number of pyridine rings is 1. The topological polar surface area (TPSA) is 78.2 Å². The molecule has 162 valence electrons. The van der Waals surface area contributed by atoms with Crippen LogP contribution in [0.1, 0.15) is 24.0 Å². The Morgan fingerprint density at radius 1 is 1.22 bits per heavy atom. The number of hydrogen-bond donors (Lipinski definition) is 1. The monoisotopic (exact) mass is 430 g/mol. The van der Waals surface area contributed by atoms with Gasteiger partial charge in [-0.05, 0) is 73.2 Å². The van der Waals surface area contributed by atoms with Gasteiger partial charge in [0, 0.05) is 19.3 Å². The van der Waals surface area contributed by atoms with Crippen LogP contribution in [0.3, 0.4) is 0 Å². The third-order valence-electron chi connectivity index (χ3n) is 5.46. The fraction of sp³-hybridized carbons (Fsp3) is 0.240. The van der Waals surface area contributed by atoms with Crippen molar-refractivity contribution in [2.45, 2.75) is 19.3 Å². The second-order valence-electron chi connectivity index (χ2n) is 7.82. The van der Waals surface area contributed by atoms with Gasteiger partial charge in [-0.1, -0.05) is 12.1 Å². The Labute approximate surface area is 186 Å². The van der Waals surface area contributed by atoms with Crippen LogP contribution >= 0.6 is 0 Å². The molecule has 1 saturated heterocycles. The Bertz CT molecular complexity index is 1130. The predicted molar refractivity (Wildman–Crippen MR) is 119 cm³/mol. The van der Waals surface area contributed by atoms with Gasteiger partial charge in [0.1, 0.15) is 23.4 Å². The number of nitriles is 1. The van der Waals surface area contributed by atoms with Gasteiger partial charge in [-0.2, -0.15) is 5.26 Å². The smallest absolute Gasteiger partial charge is 0.321 e. The van der Waals surface area contributed by atoms with Gasteiger partial charge in [0.05, 0.1) is 17.4 Å². The van der Waals surface area contributed by atoms with E-state index >= 15 is 0 Å². The quantitative estimate of drug-likeness (QED) is 0.590. The van der Waals surface area contributed by atoms with Gasteiger partial charge < -0.3 is 15.0 Å². The number of nitrogens with zero attached hydrogens (tertiary/aromatic N) is 3. The van der Waals surface area contributed by atoms with E-state index in [0.29, 0.717) is 41.8 Å². The first kappa shape index (κ1) is 21.3.